The second kappa shape index (κ2) is 7.50. The average Bonchev–Trinajstić information content (AvgIpc) is 3.21. The third-order valence-corrected chi connectivity index (χ3v) is 7.34. The number of hydrogen-bond acceptors (Lipinski definition) is 4. The SMILES string of the molecule is CC[C@]12C(=O)N(C)CC(C3C(=O)N(Cc4ccccc4)C(=O)C31)N2C(=O)c1ccc(F)cc1. The molecule has 3 heterocycles. The molecule has 2 aromatic carbocycles. The number of rotatable bonds is 4. The van der Waals surface area contributed by atoms with Crippen LogP contribution in [-0.2, 0) is 20.9 Å². The second-order valence-corrected chi connectivity index (χ2v) is 8.96. The third-order valence-electron chi connectivity index (χ3n) is 7.34. The zero-order valence-corrected chi connectivity index (χ0v) is 18.4. The van der Waals surface area contributed by atoms with Crippen molar-refractivity contribution >= 4 is 23.6 Å². The summed E-state index contributed by atoms with van der Waals surface area (Å²) in [5.41, 5.74) is -0.415. The molecule has 33 heavy (non-hydrogen) atoms. The summed E-state index contributed by atoms with van der Waals surface area (Å²) in [6.07, 6.45) is 0.193. The molecule has 8 heteroatoms. The van der Waals surface area contributed by atoms with Gasteiger partial charge in [0, 0.05) is 19.2 Å². The van der Waals surface area contributed by atoms with Crippen molar-refractivity contribution in [2.45, 2.75) is 31.5 Å². The van der Waals surface area contributed by atoms with Crippen molar-refractivity contribution < 1.29 is 23.6 Å². The van der Waals surface area contributed by atoms with Crippen molar-refractivity contribution in [1.29, 1.82) is 0 Å². The standard InChI is InChI=1S/C25H24FN3O4/c1-3-25-20-19(22(31)28(23(20)32)13-15-7-5-4-6-8-15)18(14-27(2)24(25)33)29(25)21(30)16-9-11-17(26)12-10-16/h4-12,18-20H,3,13-14H2,1-2H3/t18?,19?,20?,25-/m1/s1. The predicted molar refractivity (Wildman–Crippen MR) is 116 cm³/mol. The van der Waals surface area contributed by atoms with Gasteiger partial charge in [-0.2, -0.15) is 0 Å². The number of carbonyl (C=O) groups is 4. The van der Waals surface area contributed by atoms with E-state index in [0.29, 0.717) is 0 Å². The summed E-state index contributed by atoms with van der Waals surface area (Å²) in [7, 11) is 1.64. The Kier molecular flexibility index (Phi) is 4.84. The van der Waals surface area contributed by atoms with Crippen LogP contribution in [-0.4, -0.2) is 63.5 Å². The molecule has 3 saturated heterocycles. The topological polar surface area (TPSA) is 78.0 Å². The minimum Gasteiger partial charge on any atom is -0.342 e. The number of hydrogen-bond donors (Lipinski definition) is 0. The summed E-state index contributed by atoms with van der Waals surface area (Å²) in [6.45, 7) is 2.06. The highest BCUT2D eigenvalue weighted by molar-refractivity contribution is 6.13. The van der Waals surface area contributed by atoms with E-state index in [1.54, 1.807) is 14.0 Å². The van der Waals surface area contributed by atoms with Gasteiger partial charge in [0.25, 0.3) is 5.91 Å². The quantitative estimate of drug-likeness (QED) is 0.670. The van der Waals surface area contributed by atoms with E-state index in [9.17, 15) is 23.6 Å². The lowest BCUT2D eigenvalue weighted by Crippen LogP contribution is -2.68. The largest absolute Gasteiger partial charge is 0.342 e. The minimum atomic E-state index is -1.45. The van der Waals surface area contributed by atoms with Crippen LogP contribution >= 0.6 is 0 Å². The van der Waals surface area contributed by atoms with Gasteiger partial charge in [-0.05, 0) is 36.2 Å². The van der Waals surface area contributed by atoms with Crippen LogP contribution in [0.5, 0.6) is 0 Å². The van der Waals surface area contributed by atoms with E-state index < -0.39 is 41.0 Å². The summed E-state index contributed by atoms with van der Waals surface area (Å²) in [5, 5.41) is 0. The lowest BCUT2D eigenvalue weighted by atomic mass is 9.78. The Morgan fingerprint density at radius 1 is 1.03 bits per heavy atom. The third kappa shape index (κ3) is 2.86. The maximum Gasteiger partial charge on any atom is 0.255 e. The molecule has 3 aliphatic rings. The number of likely N-dealkylation sites (tertiary alicyclic amines) is 2. The van der Waals surface area contributed by atoms with Crippen molar-refractivity contribution in [3.63, 3.8) is 0 Å². The van der Waals surface area contributed by atoms with E-state index in [1.807, 2.05) is 30.3 Å². The Balaban J connectivity index is 1.58. The van der Waals surface area contributed by atoms with Crippen LogP contribution in [0, 0.1) is 17.7 Å². The number of halogens is 1. The molecule has 0 aliphatic carbocycles. The molecule has 0 aromatic heterocycles. The van der Waals surface area contributed by atoms with Crippen LogP contribution in [0.25, 0.3) is 0 Å². The number of fused-ring (bicyclic) bond motifs is 5. The van der Waals surface area contributed by atoms with Crippen LogP contribution < -0.4 is 0 Å². The maximum atomic E-state index is 13.7. The van der Waals surface area contributed by atoms with Crippen molar-refractivity contribution in [2.24, 2.45) is 11.8 Å². The first-order valence-electron chi connectivity index (χ1n) is 11.0. The van der Waals surface area contributed by atoms with Crippen molar-refractivity contribution in [2.75, 3.05) is 13.6 Å². The van der Waals surface area contributed by atoms with Gasteiger partial charge in [0.05, 0.1) is 24.4 Å². The van der Waals surface area contributed by atoms with Gasteiger partial charge in [0.1, 0.15) is 11.4 Å². The van der Waals surface area contributed by atoms with Crippen molar-refractivity contribution in [3.05, 3.63) is 71.5 Å². The molecule has 3 unspecified atom stereocenters. The summed E-state index contributed by atoms with van der Waals surface area (Å²) in [4.78, 5) is 58.6. The fourth-order valence-corrected chi connectivity index (χ4v) is 5.90. The normalized spacial score (nSPS) is 28.5. The Morgan fingerprint density at radius 2 is 1.70 bits per heavy atom. The van der Waals surface area contributed by atoms with Crippen LogP contribution in [0.1, 0.15) is 29.3 Å². The first-order valence-corrected chi connectivity index (χ1v) is 11.0. The molecule has 4 amide bonds. The number of carbonyl (C=O) groups excluding carboxylic acids is 4. The Hall–Kier alpha value is -3.55. The fourth-order valence-electron chi connectivity index (χ4n) is 5.90. The van der Waals surface area contributed by atoms with Gasteiger partial charge in [-0.1, -0.05) is 37.3 Å². The zero-order chi connectivity index (χ0) is 23.5. The second-order valence-electron chi connectivity index (χ2n) is 8.96. The van der Waals surface area contributed by atoms with Gasteiger partial charge in [0.15, 0.2) is 0 Å². The number of piperazine rings is 1. The highest BCUT2D eigenvalue weighted by Crippen LogP contribution is 2.54. The molecule has 0 radical (unpaired) electrons. The molecular formula is C25H24FN3O4. The zero-order valence-electron chi connectivity index (χ0n) is 18.4. The van der Waals surface area contributed by atoms with Gasteiger partial charge < -0.3 is 9.80 Å². The Bertz CT molecular complexity index is 1150. The smallest absolute Gasteiger partial charge is 0.255 e. The molecule has 0 spiro atoms. The molecule has 3 aliphatic heterocycles. The van der Waals surface area contributed by atoms with E-state index in [0.717, 1.165) is 5.56 Å². The van der Waals surface area contributed by atoms with E-state index >= 15 is 0 Å². The highest BCUT2D eigenvalue weighted by atomic mass is 19.1. The van der Waals surface area contributed by atoms with Crippen LogP contribution in [0.4, 0.5) is 4.39 Å². The van der Waals surface area contributed by atoms with Crippen LogP contribution in [0.2, 0.25) is 0 Å². The predicted octanol–water partition coefficient (Wildman–Crippen LogP) is 2.07. The number of amides is 4. The molecule has 170 valence electrons. The lowest BCUT2D eigenvalue weighted by Gasteiger charge is -2.48. The van der Waals surface area contributed by atoms with Crippen molar-refractivity contribution in [1.82, 2.24) is 14.7 Å². The minimum absolute atomic E-state index is 0.133. The molecular weight excluding hydrogens is 425 g/mol. The maximum absolute atomic E-state index is 13.7. The number of likely N-dealkylation sites (N-methyl/N-ethyl adjacent to an activating group) is 1. The number of nitrogens with zero attached hydrogens (tertiary/aromatic N) is 3. The molecule has 0 saturated carbocycles. The van der Waals surface area contributed by atoms with Crippen LogP contribution in [0.3, 0.4) is 0 Å². The molecule has 0 N–H and O–H groups in total. The van der Waals surface area contributed by atoms with Gasteiger partial charge in [0.2, 0.25) is 17.7 Å². The van der Waals surface area contributed by atoms with Gasteiger partial charge >= 0.3 is 0 Å². The summed E-state index contributed by atoms with van der Waals surface area (Å²) < 4.78 is 13.4. The highest BCUT2D eigenvalue weighted by Gasteiger charge is 2.74. The number of benzene rings is 2. The Labute approximate surface area is 190 Å². The molecule has 2 bridgehead atoms. The van der Waals surface area contributed by atoms with Gasteiger partial charge in [-0.3, -0.25) is 24.1 Å². The summed E-state index contributed by atoms with van der Waals surface area (Å²) in [5.74, 6) is -3.79. The van der Waals surface area contributed by atoms with Crippen molar-refractivity contribution in [3.8, 4) is 0 Å². The number of imide groups is 1. The van der Waals surface area contributed by atoms with E-state index in [1.165, 1.54) is 39.0 Å². The molecule has 7 nitrogen and oxygen atoms in total. The van der Waals surface area contributed by atoms with E-state index in [4.69, 9.17) is 0 Å². The lowest BCUT2D eigenvalue weighted by molar-refractivity contribution is -0.155. The Morgan fingerprint density at radius 3 is 2.33 bits per heavy atom. The summed E-state index contributed by atoms with van der Waals surface area (Å²) >= 11 is 0. The molecule has 4 atom stereocenters. The molecule has 3 fully saturated rings. The summed E-state index contributed by atoms with van der Waals surface area (Å²) in [6, 6.07) is 13.7. The van der Waals surface area contributed by atoms with E-state index in [-0.39, 0.29) is 36.9 Å². The monoisotopic (exact) mass is 449 g/mol. The van der Waals surface area contributed by atoms with Gasteiger partial charge in [-0.15, -0.1) is 0 Å². The van der Waals surface area contributed by atoms with Crippen LogP contribution in [0.15, 0.2) is 54.6 Å². The first-order chi connectivity index (χ1) is 15.8. The average molecular weight is 449 g/mol. The van der Waals surface area contributed by atoms with E-state index in [2.05, 4.69) is 0 Å². The molecule has 5 rings (SSSR count). The first kappa shape index (κ1) is 21.3. The molecule has 2 aromatic rings. The van der Waals surface area contributed by atoms with Gasteiger partial charge in [-0.25, -0.2) is 4.39 Å². The fraction of sp³-hybridized carbons (Fsp3) is 0.360.